The summed E-state index contributed by atoms with van der Waals surface area (Å²) in [6, 6.07) is 8.34. The van der Waals surface area contributed by atoms with Crippen LogP contribution in [0.25, 0.3) is 0 Å². The number of benzene rings is 1. The SMILES string of the molecule is Cc1ccc(NS(=O)(=O)c2cccs2)cc1N. The molecule has 0 saturated carbocycles. The molecule has 0 aliphatic heterocycles. The fourth-order valence-corrected chi connectivity index (χ4v) is 3.37. The molecule has 3 N–H and O–H groups in total. The van der Waals surface area contributed by atoms with E-state index in [1.165, 1.54) is 11.3 Å². The van der Waals surface area contributed by atoms with E-state index in [1.807, 2.05) is 6.92 Å². The first-order valence-corrected chi connectivity index (χ1v) is 7.28. The Balaban J connectivity index is 2.30. The molecule has 4 nitrogen and oxygen atoms in total. The molecule has 1 heterocycles. The van der Waals surface area contributed by atoms with Gasteiger partial charge in [0.1, 0.15) is 4.21 Å². The first-order valence-electron chi connectivity index (χ1n) is 4.91. The van der Waals surface area contributed by atoms with Crippen molar-refractivity contribution < 1.29 is 8.42 Å². The Hall–Kier alpha value is -1.53. The maximum atomic E-state index is 11.9. The lowest BCUT2D eigenvalue weighted by atomic mass is 10.2. The first-order chi connectivity index (χ1) is 7.99. The van der Waals surface area contributed by atoms with E-state index < -0.39 is 10.0 Å². The maximum absolute atomic E-state index is 11.9. The zero-order chi connectivity index (χ0) is 12.5. The molecule has 17 heavy (non-hydrogen) atoms. The predicted molar refractivity (Wildman–Crippen MR) is 70.7 cm³/mol. The highest BCUT2D eigenvalue weighted by Gasteiger charge is 2.15. The molecule has 1 aromatic heterocycles. The van der Waals surface area contributed by atoms with Crippen molar-refractivity contribution in [1.29, 1.82) is 0 Å². The largest absolute Gasteiger partial charge is 0.398 e. The molecule has 0 bridgehead atoms. The molecule has 0 aliphatic rings. The van der Waals surface area contributed by atoms with Crippen LogP contribution in [0.5, 0.6) is 0 Å². The molecule has 0 fully saturated rings. The van der Waals surface area contributed by atoms with Gasteiger partial charge in [-0.3, -0.25) is 4.72 Å². The number of nitrogen functional groups attached to an aromatic ring is 1. The first kappa shape index (κ1) is 11.9. The molecule has 90 valence electrons. The van der Waals surface area contributed by atoms with Crippen molar-refractivity contribution in [3.8, 4) is 0 Å². The molecule has 2 aromatic rings. The molecule has 0 aliphatic carbocycles. The molecule has 6 heteroatoms. The van der Waals surface area contributed by atoms with Crippen LogP contribution < -0.4 is 10.5 Å². The van der Waals surface area contributed by atoms with Gasteiger partial charge in [0.2, 0.25) is 0 Å². The number of nitrogens with one attached hydrogen (secondary N) is 1. The van der Waals surface area contributed by atoms with E-state index in [1.54, 1.807) is 35.7 Å². The standard InChI is InChI=1S/C11H12N2O2S2/c1-8-4-5-9(7-10(8)12)13-17(14,15)11-3-2-6-16-11/h2-7,13H,12H2,1H3. The van der Waals surface area contributed by atoms with E-state index in [2.05, 4.69) is 4.72 Å². The summed E-state index contributed by atoms with van der Waals surface area (Å²) < 4.78 is 26.6. The van der Waals surface area contributed by atoms with Crippen LogP contribution in [0.2, 0.25) is 0 Å². The normalized spacial score (nSPS) is 11.4. The number of thiophene rings is 1. The summed E-state index contributed by atoms with van der Waals surface area (Å²) in [5, 5.41) is 1.72. The summed E-state index contributed by atoms with van der Waals surface area (Å²) in [5.74, 6) is 0. The minimum absolute atomic E-state index is 0.289. The zero-order valence-corrected chi connectivity index (χ0v) is 10.8. The Morgan fingerprint density at radius 2 is 2.06 bits per heavy atom. The number of hydrogen-bond acceptors (Lipinski definition) is 4. The van der Waals surface area contributed by atoms with E-state index in [9.17, 15) is 8.42 Å². The fourth-order valence-electron chi connectivity index (χ4n) is 1.33. The van der Waals surface area contributed by atoms with Crippen molar-refractivity contribution in [3.05, 3.63) is 41.3 Å². The molecule has 0 saturated heterocycles. The molecule has 0 atom stereocenters. The summed E-state index contributed by atoms with van der Waals surface area (Å²) >= 11 is 1.17. The van der Waals surface area contributed by atoms with Crippen LogP contribution in [0.3, 0.4) is 0 Å². The van der Waals surface area contributed by atoms with Crippen molar-refractivity contribution >= 4 is 32.7 Å². The lowest BCUT2D eigenvalue weighted by Gasteiger charge is -2.08. The minimum atomic E-state index is -3.49. The topological polar surface area (TPSA) is 72.2 Å². The van der Waals surface area contributed by atoms with Crippen LogP contribution >= 0.6 is 11.3 Å². The molecule has 0 spiro atoms. The number of aryl methyl sites for hydroxylation is 1. The minimum Gasteiger partial charge on any atom is -0.398 e. The van der Waals surface area contributed by atoms with Crippen LogP contribution in [-0.2, 0) is 10.0 Å². The maximum Gasteiger partial charge on any atom is 0.271 e. The number of rotatable bonds is 3. The van der Waals surface area contributed by atoms with Gasteiger partial charge in [-0.05, 0) is 36.1 Å². The summed E-state index contributed by atoms with van der Waals surface area (Å²) in [5.41, 5.74) is 7.69. The van der Waals surface area contributed by atoms with E-state index in [0.717, 1.165) is 5.56 Å². The highest BCUT2D eigenvalue weighted by Crippen LogP contribution is 2.22. The Morgan fingerprint density at radius 1 is 1.29 bits per heavy atom. The van der Waals surface area contributed by atoms with Gasteiger partial charge in [0, 0.05) is 5.69 Å². The predicted octanol–water partition coefficient (Wildman–Crippen LogP) is 2.44. The number of anilines is 2. The molecule has 0 amide bonds. The van der Waals surface area contributed by atoms with Gasteiger partial charge in [-0.1, -0.05) is 12.1 Å². The molecular formula is C11H12N2O2S2. The summed E-state index contributed by atoms with van der Waals surface area (Å²) in [6.45, 7) is 1.87. The van der Waals surface area contributed by atoms with Crippen LogP contribution in [0, 0.1) is 6.92 Å². The van der Waals surface area contributed by atoms with Crippen LogP contribution in [0.15, 0.2) is 39.9 Å². The Morgan fingerprint density at radius 3 is 2.65 bits per heavy atom. The van der Waals surface area contributed by atoms with Crippen LogP contribution in [-0.4, -0.2) is 8.42 Å². The average molecular weight is 268 g/mol. The second kappa shape index (κ2) is 4.38. The molecular weight excluding hydrogens is 256 g/mol. The van der Waals surface area contributed by atoms with Crippen molar-refractivity contribution in [3.63, 3.8) is 0 Å². The molecule has 2 rings (SSSR count). The highest BCUT2D eigenvalue weighted by atomic mass is 32.2. The fraction of sp³-hybridized carbons (Fsp3) is 0.0909. The molecule has 1 aromatic carbocycles. The van der Waals surface area contributed by atoms with Crippen LogP contribution in [0.1, 0.15) is 5.56 Å². The van der Waals surface area contributed by atoms with Crippen molar-refractivity contribution in [2.45, 2.75) is 11.1 Å². The lowest BCUT2D eigenvalue weighted by Crippen LogP contribution is -2.11. The number of hydrogen-bond donors (Lipinski definition) is 2. The summed E-state index contributed by atoms with van der Waals surface area (Å²) in [7, 11) is -3.49. The highest BCUT2D eigenvalue weighted by molar-refractivity contribution is 7.94. The van der Waals surface area contributed by atoms with Gasteiger partial charge < -0.3 is 5.73 Å². The Labute approximate surface area is 104 Å². The summed E-state index contributed by atoms with van der Waals surface area (Å²) in [4.78, 5) is 0. The average Bonchev–Trinajstić information content (AvgIpc) is 2.77. The second-order valence-corrected chi connectivity index (χ2v) is 6.47. The van der Waals surface area contributed by atoms with Gasteiger partial charge in [-0.15, -0.1) is 11.3 Å². The molecule has 0 unspecified atom stereocenters. The van der Waals surface area contributed by atoms with Crippen LogP contribution in [0.4, 0.5) is 11.4 Å². The van der Waals surface area contributed by atoms with E-state index in [0.29, 0.717) is 11.4 Å². The smallest absolute Gasteiger partial charge is 0.271 e. The summed E-state index contributed by atoms with van der Waals surface area (Å²) in [6.07, 6.45) is 0. The zero-order valence-electron chi connectivity index (χ0n) is 9.17. The number of nitrogens with two attached hydrogens (primary N) is 1. The third-order valence-corrected chi connectivity index (χ3v) is 5.07. The van der Waals surface area contributed by atoms with Gasteiger partial charge >= 0.3 is 0 Å². The number of sulfonamides is 1. The Kier molecular flexibility index (Phi) is 3.08. The van der Waals surface area contributed by atoms with Crippen molar-refractivity contribution in [2.75, 3.05) is 10.5 Å². The quantitative estimate of drug-likeness (QED) is 0.840. The van der Waals surface area contributed by atoms with E-state index in [-0.39, 0.29) is 4.21 Å². The van der Waals surface area contributed by atoms with Gasteiger partial charge in [0.15, 0.2) is 0 Å². The van der Waals surface area contributed by atoms with Crippen molar-refractivity contribution in [1.82, 2.24) is 0 Å². The van der Waals surface area contributed by atoms with Gasteiger partial charge in [0.05, 0.1) is 5.69 Å². The third-order valence-electron chi connectivity index (χ3n) is 2.29. The van der Waals surface area contributed by atoms with E-state index in [4.69, 9.17) is 5.73 Å². The Bertz CT molecular complexity index is 619. The monoisotopic (exact) mass is 268 g/mol. The van der Waals surface area contributed by atoms with Crippen molar-refractivity contribution in [2.24, 2.45) is 0 Å². The van der Waals surface area contributed by atoms with Gasteiger partial charge in [-0.2, -0.15) is 0 Å². The third kappa shape index (κ3) is 2.59. The van der Waals surface area contributed by atoms with Gasteiger partial charge in [-0.25, -0.2) is 8.42 Å². The van der Waals surface area contributed by atoms with E-state index >= 15 is 0 Å². The second-order valence-electron chi connectivity index (χ2n) is 3.61. The molecule has 0 radical (unpaired) electrons. The lowest BCUT2D eigenvalue weighted by molar-refractivity contribution is 0.603. The van der Waals surface area contributed by atoms with Gasteiger partial charge in [0.25, 0.3) is 10.0 Å².